The summed E-state index contributed by atoms with van der Waals surface area (Å²) >= 11 is 0. The summed E-state index contributed by atoms with van der Waals surface area (Å²) in [6, 6.07) is 0.145. The first-order valence-corrected chi connectivity index (χ1v) is 5.34. The lowest BCUT2D eigenvalue weighted by molar-refractivity contribution is -0.137. The Hall–Kier alpha value is -2.05. The molecule has 0 aromatic carbocycles. The van der Waals surface area contributed by atoms with E-state index in [9.17, 15) is 9.59 Å². The van der Waals surface area contributed by atoms with Crippen molar-refractivity contribution < 1.29 is 14.7 Å². The lowest BCUT2D eigenvalue weighted by atomic mass is 10.5. The predicted molar refractivity (Wildman–Crippen MR) is 59.7 cm³/mol. The first-order chi connectivity index (χ1) is 8.06. The largest absolute Gasteiger partial charge is 0.480 e. The van der Waals surface area contributed by atoms with Crippen molar-refractivity contribution in [3.05, 3.63) is 12.4 Å². The summed E-state index contributed by atoms with van der Waals surface area (Å²) in [4.78, 5) is 23.8. The zero-order valence-electron chi connectivity index (χ0n) is 9.46. The molecule has 1 saturated carbocycles. The number of nitrogens with zero attached hydrogens (tertiary/aromatic N) is 3. The standard InChI is InChI=1S/C10H14N4O3/c1-13(8-2-3-8)10(17)12-7-4-11-14(5-7)6-9(15)16/h4-5,8H,2-3,6H2,1H3,(H,12,17)(H,15,16). The van der Waals surface area contributed by atoms with Crippen molar-refractivity contribution in [2.75, 3.05) is 12.4 Å². The van der Waals surface area contributed by atoms with Crippen molar-refractivity contribution in [1.29, 1.82) is 0 Å². The molecule has 7 nitrogen and oxygen atoms in total. The summed E-state index contributed by atoms with van der Waals surface area (Å²) in [6.45, 7) is -0.214. The summed E-state index contributed by atoms with van der Waals surface area (Å²) in [5.74, 6) is -0.971. The van der Waals surface area contributed by atoms with Gasteiger partial charge in [-0.2, -0.15) is 5.10 Å². The minimum atomic E-state index is -0.971. The zero-order valence-corrected chi connectivity index (χ0v) is 9.46. The van der Waals surface area contributed by atoms with Gasteiger partial charge in [0.2, 0.25) is 0 Å². The average molecular weight is 238 g/mol. The first-order valence-electron chi connectivity index (χ1n) is 5.34. The molecule has 0 atom stereocenters. The van der Waals surface area contributed by atoms with Gasteiger partial charge in [-0.3, -0.25) is 9.48 Å². The molecule has 0 aliphatic heterocycles. The number of rotatable bonds is 4. The molecule has 17 heavy (non-hydrogen) atoms. The maximum Gasteiger partial charge on any atom is 0.325 e. The molecule has 0 spiro atoms. The number of hydrogen-bond acceptors (Lipinski definition) is 3. The number of carbonyl (C=O) groups excluding carboxylic acids is 1. The van der Waals surface area contributed by atoms with E-state index in [0.29, 0.717) is 11.7 Å². The van der Waals surface area contributed by atoms with Gasteiger partial charge in [-0.05, 0) is 12.8 Å². The fourth-order valence-corrected chi connectivity index (χ4v) is 1.49. The van der Waals surface area contributed by atoms with Crippen molar-refractivity contribution in [3.8, 4) is 0 Å². The van der Waals surface area contributed by atoms with Gasteiger partial charge in [-0.1, -0.05) is 0 Å². The van der Waals surface area contributed by atoms with Crippen molar-refractivity contribution in [3.63, 3.8) is 0 Å². The second kappa shape index (κ2) is 4.44. The maximum atomic E-state index is 11.7. The van der Waals surface area contributed by atoms with Crippen LogP contribution in [0.1, 0.15) is 12.8 Å². The van der Waals surface area contributed by atoms with E-state index in [1.165, 1.54) is 17.1 Å². The van der Waals surface area contributed by atoms with Gasteiger partial charge in [0.25, 0.3) is 0 Å². The second-order valence-electron chi connectivity index (χ2n) is 4.09. The summed E-state index contributed by atoms with van der Waals surface area (Å²) in [7, 11) is 1.74. The zero-order chi connectivity index (χ0) is 12.4. The number of carbonyl (C=O) groups is 2. The number of amides is 2. The molecular formula is C10H14N4O3. The Balaban J connectivity index is 1.91. The minimum absolute atomic E-state index is 0.192. The number of aromatic nitrogens is 2. The van der Waals surface area contributed by atoms with Gasteiger partial charge in [0.15, 0.2) is 0 Å². The molecule has 1 fully saturated rings. The van der Waals surface area contributed by atoms with Gasteiger partial charge in [0.05, 0.1) is 11.9 Å². The Bertz CT molecular complexity index is 439. The maximum absolute atomic E-state index is 11.7. The van der Waals surface area contributed by atoms with Crippen LogP contribution in [0.4, 0.5) is 10.5 Å². The van der Waals surface area contributed by atoms with Crippen molar-refractivity contribution in [2.24, 2.45) is 0 Å². The van der Waals surface area contributed by atoms with E-state index in [-0.39, 0.29) is 12.6 Å². The lowest BCUT2D eigenvalue weighted by Crippen LogP contribution is -2.32. The van der Waals surface area contributed by atoms with Crippen LogP contribution >= 0.6 is 0 Å². The third-order valence-electron chi connectivity index (χ3n) is 2.60. The van der Waals surface area contributed by atoms with Crippen LogP contribution in [0.2, 0.25) is 0 Å². The third-order valence-corrected chi connectivity index (χ3v) is 2.60. The Labute approximate surface area is 98.0 Å². The number of nitrogens with one attached hydrogen (secondary N) is 1. The number of carboxylic acids is 1. The Kier molecular flexibility index (Phi) is 2.99. The molecule has 92 valence electrons. The van der Waals surface area contributed by atoms with Gasteiger partial charge in [0, 0.05) is 19.3 Å². The van der Waals surface area contributed by atoms with Crippen LogP contribution in [0.3, 0.4) is 0 Å². The van der Waals surface area contributed by atoms with Crippen LogP contribution in [0, 0.1) is 0 Å². The number of urea groups is 1. The van der Waals surface area contributed by atoms with E-state index < -0.39 is 5.97 Å². The number of anilines is 1. The molecule has 2 amide bonds. The van der Waals surface area contributed by atoms with Crippen LogP contribution < -0.4 is 5.32 Å². The monoisotopic (exact) mass is 238 g/mol. The molecule has 2 rings (SSSR count). The predicted octanol–water partition coefficient (Wildman–Crippen LogP) is 0.594. The van der Waals surface area contributed by atoms with Crippen LogP contribution in [-0.2, 0) is 11.3 Å². The molecule has 0 bridgehead atoms. The lowest BCUT2D eigenvalue weighted by Gasteiger charge is -2.15. The van der Waals surface area contributed by atoms with Crippen LogP contribution in [0.5, 0.6) is 0 Å². The fraction of sp³-hybridized carbons (Fsp3) is 0.500. The van der Waals surface area contributed by atoms with Crippen molar-refractivity contribution >= 4 is 17.7 Å². The Morgan fingerprint density at radius 1 is 1.65 bits per heavy atom. The molecular weight excluding hydrogens is 224 g/mol. The van der Waals surface area contributed by atoms with Gasteiger partial charge < -0.3 is 15.3 Å². The SMILES string of the molecule is CN(C(=O)Nc1cnn(CC(=O)O)c1)C1CC1. The molecule has 1 aromatic rings. The third kappa shape index (κ3) is 2.96. The number of hydrogen-bond donors (Lipinski definition) is 2. The molecule has 1 aliphatic carbocycles. The van der Waals surface area contributed by atoms with E-state index >= 15 is 0 Å². The summed E-state index contributed by atoms with van der Waals surface area (Å²) in [5, 5.41) is 15.1. The molecule has 0 saturated heterocycles. The van der Waals surface area contributed by atoms with Gasteiger partial charge in [0.1, 0.15) is 6.54 Å². The molecule has 0 unspecified atom stereocenters. The molecule has 7 heteroatoms. The van der Waals surface area contributed by atoms with Crippen molar-refractivity contribution in [2.45, 2.75) is 25.4 Å². The highest BCUT2D eigenvalue weighted by molar-refractivity contribution is 5.89. The second-order valence-corrected chi connectivity index (χ2v) is 4.09. The van der Waals surface area contributed by atoms with Gasteiger partial charge in [-0.15, -0.1) is 0 Å². The van der Waals surface area contributed by atoms with E-state index in [1.54, 1.807) is 11.9 Å². The van der Waals surface area contributed by atoms with Crippen LogP contribution in [-0.4, -0.2) is 44.9 Å². The normalized spacial score (nSPS) is 14.4. The van der Waals surface area contributed by atoms with E-state index in [4.69, 9.17) is 5.11 Å². The summed E-state index contributed by atoms with van der Waals surface area (Å²) in [6.07, 6.45) is 5.01. The molecule has 1 heterocycles. The van der Waals surface area contributed by atoms with E-state index in [2.05, 4.69) is 10.4 Å². The highest BCUT2D eigenvalue weighted by Gasteiger charge is 2.29. The Morgan fingerprint density at radius 3 is 2.94 bits per heavy atom. The molecule has 1 aliphatic rings. The van der Waals surface area contributed by atoms with Crippen LogP contribution in [0.15, 0.2) is 12.4 Å². The van der Waals surface area contributed by atoms with E-state index in [0.717, 1.165) is 12.8 Å². The molecule has 0 radical (unpaired) electrons. The van der Waals surface area contributed by atoms with Crippen LogP contribution in [0.25, 0.3) is 0 Å². The highest BCUT2D eigenvalue weighted by atomic mass is 16.4. The van der Waals surface area contributed by atoms with Gasteiger partial charge in [-0.25, -0.2) is 4.79 Å². The number of carboxylic acid groups (broad SMARTS) is 1. The van der Waals surface area contributed by atoms with Gasteiger partial charge >= 0.3 is 12.0 Å². The quantitative estimate of drug-likeness (QED) is 0.803. The fourth-order valence-electron chi connectivity index (χ4n) is 1.49. The topological polar surface area (TPSA) is 87.5 Å². The number of aliphatic carboxylic acids is 1. The summed E-state index contributed by atoms with van der Waals surface area (Å²) in [5.41, 5.74) is 0.503. The summed E-state index contributed by atoms with van der Waals surface area (Å²) < 4.78 is 1.26. The van der Waals surface area contributed by atoms with Crippen molar-refractivity contribution in [1.82, 2.24) is 14.7 Å². The van der Waals surface area contributed by atoms with E-state index in [1.807, 2.05) is 0 Å². The highest BCUT2D eigenvalue weighted by Crippen LogP contribution is 2.25. The molecule has 1 aromatic heterocycles. The Morgan fingerprint density at radius 2 is 2.35 bits per heavy atom. The smallest absolute Gasteiger partial charge is 0.325 e. The minimum Gasteiger partial charge on any atom is -0.480 e. The molecule has 2 N–H and O–H groups in total. The average Bonchev–Trinajstić information content (AvgIpc) is 3.01. The first kappa shape index (κ1) is 11.4.